The number of hydrogen-bond acceptors (Lipinski definition) is 8. The molecule has 2 aliphatic heterocycles. The molecule has 6 rings (SSSR count). The van der Waals surface area contributed by atoms with Crippen LogP contribution in [0.2, 0.25) is 0 Å². The largest absolute Gasteiger partial charge is 0.481 e. The number of thiazole rings is 1. The molecule has 2 saturated heterocycles. The van der Waals surface area contributed by atoms with Gasteiger partial charge in [-0.1, -0.05) is 11.3 Å². The Kier molecular flexibility index (Phi) is 10.1. The Hall–Kier alpha value is -4.04. The van der Waals surface area contributed by atoms with E-state index in [1.165, 1.54) is 29.3 Å². The van der Waals surface area contributed by atoms with E-state index in [-0.39, 0.29) is 46.4 Å². The zero-order valence-corrected chi connectivity index (χ0v) is 26.4. The number of carboxylic acid groups (broad SMARTS) is 1. The molecule has 1 saturated carbocycles. The minimum Gasteiger partial charge on any atom is -0.481 e. The molecule has 1 aliphatic carbocycles. The van der Waals surface area contributed by atoms with E-state index < -0.39 is 29.5 Å². The molecular formula is C33H35F3N4O6S. The number of amides is 2. The van der Waals surface area contributed by atoms with Crippen molar-refractivity contribution in [2.45, 2.75) is 70.4 Å². The van der Waals surface area contributed by atoms with Crippen molar-refractivity contribution < 1.29 is 42.1 Å². The van der Waals surface area contributed by atoms with E-state index in [1.54, 1.807) is 17.0 Å². The minimum atomic E-state index is -3.11. The van der Waals surface area contributed by atoms with Gasteiger partial charge < -0.3 is 14.6 Å². The number of pyridine rings is 1. The molecule has 1 atom stereocenters. The number of nitrogens with zero attached hydrogens (tertiary/aromatic N) is 4. The van der Waals surface area contributed by atoms with Gasteiger partial charge in [-0.2, -0.15) is 13.2 Å². The first-order valence-electron chi connectivity index (χ1n) is 15.8. The molecule has 250 valence electrons. The van der Waals surface area contributed by atoms with E-state index in [1.807, 2.05) is 0 Å². The van der Waals surface area contributed by atoms with Crippen LogP contribution in [0.3, 0.4) is 0 Å². The molecule has 4 heterocycles. The Morgan fingerprint density at radius 3 is 2.55 bits per heavy atom. The topological polar surface area (TPSA) is 122 Å². The zero-order chi connectivity index (χ0) is 33.1. The predicted molar refractivity (Wildman–Crippen MR) is 168 cm³/mol. The Morgan fingerprint density at radius 2 is 1.89 bits per heavy atom. The van der Waals surface area contributed by atoms with Gasteiger partial charge in [0, 0.05) is 55.5 Å². The Bertz CT molecular complexity index is 1610. The molecule has 0 radical (unpaired) electrons. The fourth-order valence-corrected chi connectivity index (χ4v) is 7.17. The quantitative estimate of drug-likeness (QED) is 0.231. The maximum Gasteiger partial charge on any atom is 0.387 e. The predicted octanol–water partition coefficient (Wildman–Crippen LogP) is 6.53. The number of carbonyl (C=O) groups excluding carboxylic acids is 2. The summed E-state index contributed by atoms with van der Waals surface area (Å²) in [6, 6.07) is 7.28. The summed E-state index contributed by atoms with van der Waals surface area (Å²) in [4.78, 5) is 50.2. The minimum absolute atomic E-state index is 0.0177. The maximum atomic E-state index is 15.9. The number of hydrogen-bond donors (Lipinski definition) is 1. The van der Waals surface area contributed by atoms with Crippen LogP contribution in [0, 0.1) is 17.0 Å². The van der Waals surface area contributed by atoms with Crippen LogP contribution < -0.4 is 14.5 Å². The number of piperidine rings is 1. The van der Waals surface area contributed by atoms with Gasteiger partial charge >= 0.3 is 12.6 Å². The van der Waals surface area contributed by atoms with E-state index in [0.717, 1.165) is 25.7 Å². The van der Waals surface area contributed by atoms with Crippen LogP contribution in [0.5, 0.6) is 5.75 Å². The molecule has 10 nitrogen and oxygen atoms in total. The summed E-state index contributed by atoms with van der Waals surface area (Å²) in [6.07, 6.45) is 6.47. The van der Waals surface area contributed by atoms with Crippen molar-refractivity contribution in [2.75, 3.05) is 29.6 Å². The van der Waals surface area contributed by atoms with Gasteiger partial charge in [0.15, 0.2) is 5.13 Å². The summed E-state index contributed by atoms with van der Waals surface area (Å²) in [7, 11) is 0. The van der Waals surface area contributed by atoms with Crippen molar-refractivity contribution in [3.05, 3.63) is 41.7 Å². The number of carboxylic acids is 1. The maximum absolute atomic E-state index is 15.9. The molecule has 3 aliphatic rings. The van der Waals surface area contributed by atoms with Crippen LogP contribution in [-0.2, 0) is 19.1 Å². The summed E-state index contributed by atoms with van der Waals surface area (Å²) in [6.45, 7) is -1.45. The highest BCUT2D eigenvalue weighted by molar-refractivity contribution is 7.14. The summed E-state index contributed by atoms with van der Waals surface area (Å²) >= 11 is 0.653. The monoisotopic (exact) mass is 672 g/mol. The molecule has 1 aromatic carbocycles. The van der Waals surface area contributed by atoms with Crippen LogP contribution in [0.25, 0.3) is 22.4 Å². The lowest BCUT2D eigenvalue weighted by Crippen LogP contribution is -2.40. The third-order valence-corrected chi connectivity index (χ3v) is 9.63. The van der Waals surface area contributed by atoms with Crippen LogP contribution in [0.1, 0.15) is 57.8 Å². The number of ether oxygens (including phenoxy) is 2. The normalized spacial score (nSPS) is 18.0. The first kappa shape index (κ1) is 32.9. The molecule has 1 unspecified atom stereocenters. The van der Waals surface area contributed by atoms with Gasteiger partial charge in [-0.05, 0) is 86.8 Å². The van der Waals surface area contributed by atoms with E-state index in [0.29, 0.717) is 73.7 Å². The Morgan fingerprint density at radius 1 is 1.11 bits per heavy atom. The molecule has 0 spiro atoms. The van der Waals surface area contributed by atoms with E-state index in [2.05, 4.69) is 14.7 Å². The SMILES string of the molecule is O=C(O)CC(CC1CCOCC1)C(=O)N(c1nc(-c2cc(OC(F)F)ccc2-c2ccc(N3CCCCC3=O)nc2)c(F)s1)C1CC1. The van der Waals surface area contributed by atoms with Gasteiger partial charge in [0.2, 0.25) is 16.9 Å². The van der Waals surface area contributed by atoms with E-state index in [9.17, 15) is 28.3 Å². The average molecular weight is 673 g/mol. The Labute approximate surface area is 273 Å². The van der Waals surface area contributed by atoms with Crippen molar-refractivity contribution in [1.82, 2.24) is 9.97 Å². The van der Waals surface area contributed by atoms with Gasteiger partial charge in [0.25, 0.3) is 0 Å². The van der Waals surface area contributed by atoms with E-state index >= 15 is 4.39 Å². The number of carbonyl (C=O) groups is 3. The first-order chi connectivity index (χ1) is 22.7. The van der Waals surface area contributed by atoms with Crippen molar-refractivity contribution in [2.24, 2.45) is 11.8 Å². The number of benzene rings is 1. The highest BCUT2D eigenvalue weighted by Crippen LogP contribution is 2.43. The molecule has 3 fully saturated rings. The van der Waals surface area contributed by atoms with Crippen LogP contribution in [0.15, 0.2) is 36.5 Å². The molecular weight excluding hydrogens is 637 g/mol. The van der Waals surface area contributed by atoms with Crippen molar-refractivity contribution in [3.63, 3.8) is 0 Å². The van der Waals surface area contributed by atoms with Crippen LogP contribution in [0.4, 0.5) is 24.1 Å². The molecule has 2 amide bonds. The van der Waals surface area contributed by atoms with Crippen molar-refractivity contribution >= 4 is 40.1 Å². The zero-order valence-electron chi connectivity index (χ0n) is 25.6. The van der Waals surface area contributed by atoms with Gasteiger partial charge in [0.05, 0.1) is 6.42 Å². The lowest BCUT2D eigenvalue weighted by molar-refractivity contribution is -0.141. The fraction of sp³-hybridized carbons (Fsp3) is 0.485. The molecule has 0 bridgehead atoms. The molecule has 3 aromatic rings. The summed E-state index contributed by atoms with van der Waals surface area (Å²) < 4.78 is 52.3. The number of rotatable bonds is 12. The summed E-state index contributed by atoms with van der Waals surface area (Å²) in [5.41, 5.74) is 0.949. The molecule has 47 heavy (non-hydrogen) atoms. The third-order valence-electron chi connectivity index (χ3n) is 8.79. The van der Waals surface area contributed by atoms with Crippen molar-refractivity contribution in [1.29, 1.82) is 0 Å². The van der Waals surface area contributed by atoms with Gasteiger partial charge in [-0.3, -0.25) is 24.2 Å². The Balaban J connectivity index is 1.34. The standard InChI is InChI=1S/C33H35F3N4O6S/c34-30-29(38-33(47-30)40(22-5-6-22)31(44)21(16-28(42)43)15-19-10-13-45-14-11-19)25-17-23(46-32(35)36)7-8-24(25)20-4-9-26(37-18-20)39-12-2-1-3-27(39)41/h4,7-9,17-19,21-22,32H,1-3,5-6,10-16H2,(H,42,43). The summed E-state index contributed by atoms with van der Waals surface area (Å²) in [5, 5.41) is 8.98. The number of alkyl halides is 2. The lowest BCUT2D eigenvalue weighted by atomic mass is 9.86. The molecule has 1 N–H and O–H groups in total. The van der Waals surface area contributed by atoms with Crippen LogP contribution in [-0.4, -0.2) is 65.3 Å². The molecule has 14 heteroatoms. The lowest BCUT2D eigenvalue weighted by Gasteiger charge is -2.29. The van der Waals surface area contributed by atoms with Crippen LogP contribution >= 0.6 is 11.3 Å². The average Bonchev–Trinajstić information content (AvgIpc) is 3.81. The number of aliphatic carboxylic acids is 1. The highest BCUT2D eigenvalue weighted by Gasteiger charge is 2.40. The van der Waals surface area contributed by atoms with Gasteiger partial charge in [-0.15, -0.1) is 0 Å². The number of halogens is 3. The number of anilines is 2. The smallest absolute Gasteiger partial charge is 0.387 e. The van der Waals surface area contributed by atoms with Crippen molar-refractivity contribution in [3.8, 4) is 28.1 Å². The number of aromatic nitrogens is 2. The second kappa shape index (κ2) is 14.4. The second-order valence-electron chi connectivity index (χ2n) is 12.1. The van der Waals surface area contributed by atoms with E-state index in [4.69, 9.17) is 4.74 Å². The fourth-order valence-electron chi connectivity index (χ4n) is 6.29. The molecule has 2 aromatic heterocycles. The van der Waals surface area contributed by atoms with Gasteiger partial charge in [0.1, 0.15) is 17.3 Å². The first-order valence-corrected chi connectivity index (χ1v) is 16.6. The third kappa shape index (κ3) is 7.75. The highest BCUT2D eigenvalue weighted by atomic mass is 32.1. The second-order valence-corrected chi connectivity index (χ2v) is 13.1. The van der Waals surface area contributed by atoms with Gasteiger partial charge in [-0.25, -0.2) is 9.97 Å². The summed E-state index contributed by atoms with van der Waals surface area (Å²) in [5.74, 6) is -1.93.